The van der Waals surface area contributed by atoms with Crippen molar-refractivity contribution in [3.8, 4) is 0 Å². The van der Waals surface area contributed by atoms with Gasteiger partial charge in [-0.25, -0.2) is 4.68 Å². The summed E-state index contributed by atoms with van der Waals surface area (Å²) in [6, 6.07) is 0. The molecule has 0 radical (unpaired) electrons. The second-order valence-corrected chi connectivity index (χ2v) is 7.78. The van der Waals surface area contributed by atoms with Gasteiger partial charge in [-0.2, -0.15) is 0 Å². The number of likely N-dealkylation sites (tertiary alicyclic amines) is 1. The Morgan fingerprint density at radius 3 is 2.93 bits per heavy atom. The molecule has 3 aliphatic rings. The van der Waals surface area contributed by atoms with Crippen LogP contribution in [-0.2, 0) is 43.5 Å². The van der Waals surface area contributed by atoms with Gasteiger partial charge in [-0.1, -0.05) is 5.21 Å². The second-order valence-electron chi connectivity index (χ2n) is 7.78. The number of fused-ring (bicyclic) bond motifs is 1. The number of aromatic nitrogens is 3. The van der Waals surface area contributed by atoms with Gasteiger partial charge < -0.3 is 23.8 Å². The summed E-state index contributed by atoms with van der Waals surface area (Å²) in [7, 11) is 0. The first-order valence-electron chi connectivity index (χ1n) is 10.3. The Balaban J connectivity index is 1.28. The molecule has 9 heteroatoms. The fourth-order valence-electron chi connectivity index (χ4n) is 4.12. The zero-order valence-corrected chi connectivity index (χ0v) is 16.6. The predicted molar refractivity (Wildman–Crippen MR) is 98.5 cm³/mol. The highest BCUT2D eigenvalue weighted by Crippen LogP contribution is 2.33. The lowest BCUT2D eigenvalue weighted by molar-refractivity contribution is -0.149. The zero-order valence-electron chi connectivity index (χ0n) is 16.6. The van der Waals surface area contributed by atoms with Crippen LogP contribution in [0, 0.1) is 0 Å². The van der Waals surface area contributed by atoms with E-state index in [0.29, 0.717) is 46.1 Å². The van der Waals surface area contributed by atoms with Gasteiger partial charge in [0.1, 0.15) is 12.3 Å². The van der Waals surface area contributed by atoms with Crippen LogP contribution < -0.4 is 0 Å². The summed E-state index contributed by atoms with van der Waals surface area (Å²) in [6.07, 6.45) is 3.99. The van der Waals surface area contributed by atoms with Crippen LogP contribution in [-0.4, -0.2) is 77.0 Å². The first-order valence-corrected chi connectivity index (χ1v) is 10.3. The highest BCUT2D eigenvalue weighted by molar-refractivity contribution is 5.77. The highest BCUT2D eigenvalue weighted by Gasteiger charge is 2.41. The maximum absolute atomic E-state index is 12.1. The van der Waals surface area contributed by atoms with Crippen LogP contribution in [0.5, 0.6) is 0 Å². The highest BCUT2D eigenvalue weighted by atomic mass is 16.5. The van der Waals surface area contributed by atoms with Crippen LogP contribution in [0.25, 0.3) is 0 Å². The van der Waals surface area contributed by atoms with Gasteiger partial charge in [0.25, 0.3) is 0 Å². The molecule has 1 amide bonds. The standard InChI is InChI=1S/C19H30N4O5/c1-2-25-13-18(24)22-7-5-19(6-8-22)14-23-17(12-28-19)16(20-21-23)11-26-10-15-4-3-9-27-15/h15H,2-14H2,1H3. The third kappa shape index (κ3) is 4.37. The average Bonchev–Trinajstić information content (AvgIpc) is 3.37. The molecular formula is C19H30N4O5. The van der Waals surface area contributed by atoms with Crippen LogP contribution in [0.1, 0.15) is 44.0 Å². The Labute approximate surface area is 165 Å². The number of hydrogen-bond donors (Lipinski definition) is 0. The van der Waals surface area contributed by atoms with Crippen molar-refractivity contribution in [2.45, 2.75) is 64.1 Å². The van der Waals surface area contributed by atoms with E-state index in [1.165, 1.54) is 0 Å². The number of amides is 1. The van der Waals surface area contributed by atoms with Crippen molar-refractivity contribution in [3.63, 3.8) is 0 Å². The van der Waals surface area contributed by atoms with Gasteiger partial charge in [0.05, 0.1) is 43.8 Å². The van der Waals surface area contributed by atoms with Crippen molar-refractivity contribution < 1.29 is 23.7 Å². The van der Waals surface area contributed by atoms with Crippen LogP contribution in [0.15, 0.2) is 0 Å². The minimum Gasteiger partial charge on any atom is -0.376 e. The number of ether oxygens (including phenoxy) is 4. The summed E-state index contributed by atoms with van der Waals surface area (Å²) >= 11 is 0. The van der Waals surface area contributed by atoms with E-state index in [-0.39, 0.29) is 24.2 Å². The zero-order chi connectivity index (χ0) is 19.4. The third-order valence-electron chi connectivity index (χ3n) is 5.89. The van der Waals surface area contributed by atoms with E-state index < -0.39 is 0 Å². The molecule has 1 atom stereocenters. The lowest BCUT2D eigenvalue weighted by Crippen LogP contribution is -2.52. The molecule has 3 aliphatic heterocycles. The van der Waals surface area contributed by atoms with Crippen LogP contribution in [0.3, 0.4) is 0 Å². The first-order chi connectivity index (χ1) is 13.7. The molecule has 2 fully saturated rings. The molecule has 1 aromatic heterocycles. The molecule has 28 heavy (non-hydrogen) atoms. The van der Waals surface area contributed by atoms with Gasteiger partial charge >= 0.3 is 0 Å². The summed E-state index contributed by atoms with van der Waals surface area (Å²) in [5.74, 6) is 0.0552. The number of piperidine rings is 1. The fraction of sp³-hybridized carbons (Fsp3) is 0.842. The maximum atomic E-state index is 12.1. The molecule has 9 nitrogen and oxygen atoms in total. The molecule has 2 saturated heterocycles. The summed E-state index contributed by atoms with van der Waals surface area (Å²) in [6.45, 7) is 7.02. The van der Waals surface area contributed by atoms with E-state index in [1.54, 1.807) is 0 Å². The monoisotopic (exact) mass is 394 g/mol. The largest absolute Gasteiger partial charge is 0.376 e. The minimum absolute atomic E-state index is 0.0552. The molecule has 0 saturated carbocycles. The fourth-order valence-corrected chi connectivity index (χ4v) is 4.12. The quantitative estimate of drug-likeness (QED) is 0.679. The van der Waals surface area contributed by atoms with Crippen LogP contribution in [0.4, 0.5) is 0 Å². The Bertz CT molecular complexity index is 665. The number of carbonyl (C=O) groups is 1. The van der Waals surface area contributed by atoms with Crippen molar-refractivity contribution in [2.75, 3.05) is 39.5 Å². The van der Waals surface area contributed by atoms with E-state index in [4.69, 9.17) is 18.9 Å². The normalized spacial score (nSPS) is 23.9. The summed E-state index contributed by atoms with van der Waals surface area (Å²) in [5.41, 5.74) is 1.57. The Morgan fingerprint density at radius 2 is 2.18 bits per heavy atom. The van der Waals surface area contributed by atoms with E-state index in [1.807, 2.05) is 16.5 Å². The average molecular weight is 394 g/mol. The predicted octanol–water partition coefficient (Wildman–Crippen LogP) is 0.902. The van der Waals surface area contributed by atoms with Crippen molar-refractivity contribution in [2.24, 2.45) is 0 Å². The van der Waals surface area contributed by atoms with Gasteiger partial charge in [0, 0.05) is 26.3 Å². The third-order valence-corrected chi connectivity index (χ3v) is 5.89. The van der Waals surface area contributed by atoms with Crippen LogP contribution in [0.2, 0.25) is 0 Å². The molecule has 0 bridgehead atoms. The van der Waals surface area contributed by atoms with E-state index in [2.05, 4.69) is 10.3 Å². The molecular weight excluding hydrogens is 364 g/mol. The summed E-state index contributed by atoms with van der Waals surface area (Å²) < 4.78 is 24.8. The molecule has 1 unspecified atom stereocenters. The summed E-state index contributed by atoms with van der Waals surface area (Å²) in [5, 5.41) is 8.63. The Morgan fingerprint density at radius 1 is 1.32 bits per heavy atom. The van der Waals surface area contributed by atoms with Gasteiger partial charge in [-0.15, -0.1) is 5.10 Å². The number of rotatable bonds is 7. The first kappa shape index (κ1) is 19.8. The number of nitrogens with zero attached hydrogens (tertiary/aromatic N) is 4. The maximum Gasteiger partial charge on any atom is 0.248 e. The molecule has 1 spiro atoms. The molecule has 156 valence electrons. The summed E-state index contributed by atoms with van der Waals surface area (Å²) in [4.78, 5) is 14.0. The molecule has 4 rings (SSSR count). The van der Waals surface area contributed by atoms with E-state index in [9.17, 15) is 4.79 Å². The van der Waals surface area contributed by atoms with Crippen molar-refractivity contribution in [3.05, 3.63) is 11.4 Å². The second kappa shape index (κ2) is 8.86. The van der Waals surface area contributed by atoms with Crippen LogP contribution >= 0.6 is 0 Å². The SMILES string of the molecule is CCOCC(=O)N1CCC2(CC1)Cn1nnc(COCC3CCCO3)c1CO2. The van der Waals surface area contributed by atoms with Gasteiger partial charge in [0.15, 0.2) is 0 Å². The molecule has 0 aromatic carbocycles. The minimum atomic E-state index is -0.265. The molecule has 0 aliphatic carbocycles. The van der Waals surface area contributed by atoms with Gasteiger partial charge in [-0.3, -0.25) is 4.79 Å². The number of hydrogen-bond acceptors (Lipinski definition) is 7. The lowest BCUT2D eigenvalue weighted by Gasteiger charge is -2.43. The molecule has 0 N–H and O–H groups in total. The van der Waals surface area contributed by atoms with Gasteiger partial charge in [-0.05, 0) is 32.6 Å². The topological polar surface area (TPSA) is 87.9 Å². The van der Waals surface area contributed by atoms with Crippen molar-refractivity contribution >= 4 is 5.91 Å². The van der Waals surface area contributed by atoms with E-state index in [0.717, 1.165) is 43.7 Å². The smallest absolute Gasteiger partial charge is 0.248 e. The molecule has 4 heterocycles. The Kier molecular flexibility index (Phi) is 6.25. The Hall–Kier alpha value is -1.55. The van der Waals surface area contributed by atoms with Crippen molar-refractivity contribution in [1.29, 1.82) is 0 Å². The number of carbonyl (C=O) groups excluding carboxylic acids is 1. The van der Waals surface area contributed by atoms with E-state index >= 15 is 0 Å². The molecule has 1 aromatic rings. The van der Waals surface area contributed by atoms with Crippen molar-refractivity contribution in [1.82, 2.24) is 19.9 Å². The lowest BCUT2D eigenvalue weighted by atomic mass is 9.90. The van der Waals surface area contributed by atoms with Gasteiger partial charge in [0.2, 0.25) is 5.91 Å².